The van der Waals surface area contributed by atoms with Gasteiger partial charge < -0.3 is 5.32 Å². The van der Waals surface area contributed by atoms with Gasteiger partial charge >= 0.3 is 0 Å². The fourth-order valence-electron chi connectivity index (χ4n) is 1.63. The van der Waals surface area contributed by atoms with Crippen molar-refractivity contribution in [1.29, 1.82) is 0 Å². The molecule has 0 fully saturated rings. The summed E-state index contributed by atoms with van der Waals surface area (Å²) in [6.07, 6.45) is -0.00562. The number of anilines is 1. The SMILES string of the molecule is O=C(Cc1cccc(Cl)c1)Nc1c(F)cccc1F. The highest BCUT2D eigenvalue weighted by Gasteiger charge is 2.12. The molecule has 0 aromatic heterocycles. The molecule has 0 heterocycles. The van der Waals surface area contributed by atoms with E-state index in [0.29, 0.717) is 10.6 Å². The summed E-state index contributed by atoms with van der Waals surface area (Å²) in [5, 5.41) is 2.72. The first-order valence-corrected chi connectivity index (χ1v) is 5.92. The molecule has 98 valence electrons. The molecule has 0 unspecified atom stereocenters. The van der Waals surface area contributed by atoms with Crippen LogP contribution in [0.25, 0.3) is 0 Å². The maximum atomic E-state index is 13.3. The molecule has 0 saturated heterocycles. The summed E-state index contributed by atoms with van der Waals surface area (Å²) >= 11 is 5.79. The highest BCUT2D eigenvalue weighted by atomic mass is 35.5. The number of benzene rings is 2. The molecule has 2 aromatic carbocycles. The molecular formula is C14H10ClF2NO. The van der Waals surface area contributed by atoms with Gasteiger partial charge in [-0.3, -0.25) is 4.79 Å². The van der Waals surface area contributed by atoms with Crippen LogP contribution < -0.4 is 5.32 Å². The molecule has 19 heavy (non-hydrogen) atoms. The first-order valence-electron chi connectivity index (χ1n) is 5.54. The average Bonchev–Trinajstić information content (AvgIpc) is 2.34. The van der Waals surface area contributed by atoms with E-state index >= 15 is 0 Å². The number of halogens is 3. The number of para-hydroxylation sites is 1. The van der Waals surface area contributed by atoms with Crippen molar-refractivity contribution in [3.05, 3.63) is 64.7 Å². The minimum atomic E-state index is -0.806. The predicted octanol–water partition coefficient (Wildman–Crippen LogP) is 3.80. The lowest BCUT2D eigenvalue weighted by molar-refractivity contribution is -0.115. The second-order valence-corrected chi connectivity index (χ2v) is 4.39. The maximum absolute atomic E-state index is 13.3. The summed E-state index contributed by atoms with van der Waals surface area (Å²) in [7, 11) is 0. The van der Waals surface area contributed by atoms with Crippen molar-refractivity contribution < 1.29 is 13.6 Å². The fourth-order valence-corrected chi connectivity index (χ4v) is 1.85. The van der Waals surface area contributed by atoms with Gasteiger partial charge in [-0.15, -0.1) is 0 Å². The van der Waals surface area contributed by atoms with Gasteiger partial charge in [-0.25, -0.2) is 8.78 Å². The van der Waals surface area contributed by atoms with Crippen LogP contribution in [0.1, 0.15) is 5.56 Å². The van der Waals surface area contributed by atoms with E-state index < -0.39 is 23.2 Å². The van der Waals surface area contributed by atoms with Crippen molar-refractivity contribution in [2.75, 3.05) is 5.32 Å². The Hall–Kier alpha value is -1.94. The Morgan fingerprint density at radius 3 is 2.37 bits per heavy atom. The summed E-state index contributed by atoms with van der Waals surface area (Å²) < 4.78 is 26.7. The smallest absolute Gasteiger partial charge is 0.228 e. The van der Waals surface area contributed by atoms with Gasteiger partial charge in [0.15, 0.2) is 0 Å². The Morgan fingerprint density at radius 1 is 1.11 bits per heavy atom. The van der Waals surface area contributed by atoms with Crippen molar-refractivity contribution in [3.8, 4) is 0 Å². The molecule has 0 spiro atoms. The first-order chi connectivity index (χ1) is 9.06. The maximum Gasteiger partial charge on any atom is 0.228 e. The van der Waals surface area contributed by atoms with Gasteiger partial charge in [0.1, 0.15) is 17.3 Å². The van der Waals surface area contributed by atoms with E-state index in [4.69, 9.17) is 11.6 Å². The summed E-state index contributed by atoms with van der Waals surface area (Å²) in [5.74, 6) is -2.12. The Balaban J connectivity index is 2.10. The Kier molecular flexibility index (Phi) is 4.12. The van der Waals surface area contributed by atoms with E-state index in [-0.39, 0.29) is 6.42 Å². The van der Waals surface area contributed by atoms with Crippen molar-refractivity contribution in [3.63, 3.8) is 0 Å². The fraction of sp³-hybridized carbons (Fsp3) is 0.0714. The third kappa shape index (κ3) is 3.51. The Bertz CT molecular complexity index is 596. The molecule has 0 atom stereocenters. The van der Waals surface area contributed by atoms with Gasteiger partial charge in [0.2, 0.25) is 5.91 Å². The average molecular weight is 282 g/mol. The number of carbonyl (C=O) groups is 1. The van der Waals surface area contributed by atoms with Crippen LogP contribution >= 0.6 is 11.6 Å². The van der Waals surface area contributed by atoms with Gasteiger partial charge in [-0.1, -0.05) is 29.8 Å². The zero-order chi connectivity index (χ0) is 13.8. The standard InChI is InChI=1S/C14H10ClF2NO/c15-10-4-1-3-9(7-10)8-13(19)18-14-11(16)5-2-6-12(14)17/h1-7H,8H2,(H,18,19). The largest absolute Gasteiger partial charge is 0.321 e. The van der Waals surface area contributed by atoms with E-state index in [0.717, 1.165) is 12.1 Å². The molecule has 5 heteroatoms. The van der Waals surface area contributed by atoms with Crippen molar-refractivity contribution in [2.45, 2.75) is 6.42 Å². The van der Waals surface area contributed by atoms with E-state index in [2.05, 4.69) is 5.32 Å². The summed E-state index contributed by atoms with van der Waals surface area (Å²) in [6, 6.07) is 10.1. The van der Waals surface area contributed by atoms with Gasteiger partial charge in [0.25, 0.3) is 0 Å². The van der Waals surface area contributed by atoms with E-state index in [1.807, 2.05) is 0 Å². The lowest BCUT2D eigenvalue weighted by Crippen LogP contribution is -2.16. The number of carbonyl (C=O) groups excluding carboxylic acids is 1. The first kappa shape index (κ1) is 13.5. The van der Waals surface area contributed by atoms with Crippen molar-refractivity contribution >= 4 is 23.2 Å². The second-order valence-electron chi connectivity index (χ2n) is 3.95. The van der Waals surface area contributed by atoms with E-state index in [9.17, 15) is 13.6 Å². The van der Waals surface area contributed by atoms with Crippen LogP contribution in [-0.4, -0.2) is 5.91 Å². The highest BCUT2D eigenvalue weighted by Crippen LogP contribution is 2.18. The van der Waals surface area contributed by atoms with Gasteiger partial charge in [-0.2, -0.15) is 0 Å². The molecule has 0 radical (unpaired) electrons. The summed E-state index contributed by atoms with van der Waals surface area (Å²) in [4.78, 5) is 11.7. The van der Waals surface area contributed by atoms with Crippen LogP contribution in [0.5, 0.6) is 0 Å². The van der Waals surface area contributed by atoms with Crippen LogP contribution in [0.3, 0.4) is 0 Å². The van der Waals surface area contributed by atoms with Gasteiger partial charge in [-0.05, 0) is 29.8 Å². The molecule has 0 bridgehead atoms. The van der Waals surface area contributed by atoms with Crippen LogP contribution in [0.2, 0.25) is 5.02 Å². The van der Waals surface area contributed by atoms with Gasteiger partial charge in [0, 0.05) is 5.02 Å². The third-order valence-electron chi connectivity index (χ3n) is 2.48. The predicted molar refractivity (Wildman–Crippen MR) is 70.1 cm³/mol. The van der Waals surface area contributed by atoms with Crippen LogP contribution in [-0.2, 0) is 11.2 Å². The second kappa shape index (κ2) is 5.80. The molecule has 2 aromatic rings. The number of hydrogen-bond acceptors (Lipinski definition) is 1. The van der Waals surface area contributed by atoms with Crippen LogP contribution in [0, 0.1) is 11.6 Å². The zero-order valence-corrected chi connectivity index (χ0v) is 10.5. The Labute approximate surface area is 114 Å². The molecule has 0 aliphatic heterocycles. The normalized spacial score (nSPS) is 10.3. The van der Waals surface area contributed by atoms with Gasteiger partial charge in [0.05, 0.1) is 6.42 Å². The topological polar surface area (TPSA) is 29.1 Å². The molecule has 1 N–H and O–H groups in total. The number of amides is 1. The zero-order valence-electron chi connectivity index (χ0n) is 9.79. The third-order valence-corrected chi connectivity index (χ3v) is 2.72. The van der Waals surface area contributed by atoms with E-state index in [1.165, 1.54) is 6.07 Å². The van der Waals surface area contributed by atoms with Crippen LogP contribution in [0.4, 0.5) is 14.5 Å². The summed E-state index contributed by atoms with van der Waals surface area (Å²) in [5.41, 5.74) is 0.233. The summed E-state index contributed by atoms with van der Waals surface area (Å²) in [6.45, 7) is 0. The lowest BCUT2D eigenvalue weighted by Gasteiger charge is -2.07. The monoisotopic (exact) mass is 281 g/mol. The molecule has 0 aliphatic carbocycles. The Morgan fingerprint density at radius 2 is 1.74 bits per heavy atom. The molecular weight excluding hydrogens is 272 g/mol. The quantitative estimate of drug-likeness (QED) is 0.911. The number of hydrogen-bond donors (Lipinski definition) is 1. The van der Waals surface area contributed by atoms with Crippen LogP contribution in [0.15, 0.2) is 42.5 Å². The van der Waals surface area contributed by atoms with E-state index in [1.54, 1.807) is 24.3 Å². The minimum Gasteiger partial charge on any atom is -0.321 e. The molecule has 0 saturated carbocycles. The number of rotatable bonds is 3. The molecule has 2 rings (SSSR count). The minimum absolute atomic E-state index is 0.00562. The number of nitrogens with one attached hydrogen (secondary N) is 1. The molecule has 2 nitrogen and oxygen atoms in total. The molecule has 1 amide bonds. The van der Waals surface area contributed by atoms with Crippen molar-refractivity contribution in [2.24, 2.45) is 0 Å². The lowest BCUT2D eigenvalue weighted by atomic mass is 10.1. The van der Waals surface area contributed by atoms with Crippen molar-refractivity contribution in [1.82, 2.24) is 0 Å². The highest BCUT2D eigenvalue weighted by molar-refractivity contribution is 6.30. The molecule has 0 aliphatic rings.